The van der Waals surface area contributed by atoms with Crippen molar-refractivity contribution in [2.24, 2.45) is 5.92 Å². The van der Waals surface area contributed by atoms with Gasteiger partial charge in [-0.25, -0.2) is 0 Å². The Balaban J connectivity index is 2.27. The summed E-state index contributed by atoms with van der Waals surface area (Å²) in [4.78, 5) is 0. The molecule has 0 saturated heterocycles. The summed E-state index contributed by atoms with van der Waals surface area (Å²) in [5.41, 5.74) is 0. The second-order valence-corrected chi connectivity index (χ2v) is 4.07. The first kappa shape index (κ1) is 9.79. The molecule has 12 heavy (non-hydrogen) atoms. The Morgan fingerprint density at radius 3 is 2.33 bits per heavy atom. The van der Waals surface area contributed by atoms with E-state index >= 15 is 0 Å². The van der Waals surface area contributed by atoms with Crippen LogP contribution in [0.3, 0.4) is 0 Å². The van der Waals surface area contributed by atoms with Crippen molar-refractivity contribution in [3.05, 3.63) is 12.2 Å². The number of rotatable bonds is 4. The highest BCUT2D eigenvalue weighted by atomic mass is 15.0. The highest BCUT2D eigenvalue weighted by Crippen LogP contribution is 2.14. The van der Waals surface area contributed by atoms with Crippen LogP contribution in [-0.2, 0) is 0 Å². The molecule has 0 saturated carbocycles. The molecule has 0 heterocycles. The third-order valence-electron chi connectivity index (χ3n) is 2.70. The average Bonchev–Trinajstić information content (AvgIpc) is 2.51. The SMILES string of the molecule is CCC(NC1CC=CC1)C(C)C. The van der Waals surface area contributed by atoms with Gasteiger partial charge >= 0.3 is 0 Å². The summed E-state index contributed by atoms with van der Waals surface area (Å²) in [6.45, 7) is 6.85. The van der Waals surface area contributed by atoms with Gasteiger partial charge in [-0.3, -0.25) is 0 Å². The minimum absolute atomic E-state index is 0.704. The van der Waals surface area contributed by atoms with Gasteiger partial charge in [-0.2, -0.15) is 0 Å². The average molecular weight is 167 g/mol. The first-order valence-electron chi connectivity index (χ1n) is 5.15. The molecule has 0 bridgehead atoms. The third-order valence-corrected chi connectivity index (χ3v) is 2.70. The zero-order chi connectivity index (χ0) is 8.97. The Kier molecular flexibility index (Phi) is 3.80. The zero-order valence-electron chi connectivity index (χ0n) is 8.51. The summed E-state index contributed by atoms with van der Waals surface area (Å²) in [5.74, 6) is 0.760. The van der Waals surface area contributed by atoms with Crippen LogP contribution in [0.1, 0.15) is 40.0 Å². The fourth-order valence-corrected chi connectivity index (χ4v) is 1.84. The van der Waals surface area contributed by atoms with Crippen LogP contribution in [-0.4, -0.2) is 12.1 Å². The standard InChI is InChI=1S/C11H21N/c1-4-11(9(2)3)12-10-7-5-6-8-10/h5-6,9-12H,4,7-8H2,1-3H3. The van der Waals surface area contributed by atoms with Crippen molar-refractivity contribution in [2.45, 2.75) is 52.1 Å². The van der Waals surface area contributed by atoms with Crippen LogP contribution in [0, 0.1) is 5.92 Å². The normalized spacial score (nSPS) is 20.7. The fraction of sp³-hybridized carbons (Fsp3) is 0.818. The van der Waals surface area contributed by atoms with E-state index in [1.165, 1.54) is 19.3 Å². The predicted octanol–water partition coefficient (Wildman–Crippen LogP) is 2.73. The second-order valence-electron chi connectivity index (χ2n) is 4.07. The van der Waals surface area contributed by atoms with Crippen molar-refractivity contribution >= 4 is 0 Å². The molecule has 0 aliphatic heterocycles. The van der Waals surface area contributed by atoms with Crippen LogP contribution in [0.5, 0.6) is 0 Å². The molecule has 0 spiro atoms. The molecule has 1 N–H and O–H groups in total. The van der Waals surface area contributed by atoms with Gasteiger partial charge in [0.1, 0.15) is 0 Å². The summed E-state index contributed by atoms with van der Waals surface area (Å²) in [5, 5.41) is 3.70. The molecule has 1 rings (SSSR count). The summed E-state index contributed by atoms with van der Waals surface area (Å²) < 4.78 is 0. The van der Waals surface area contributed by atoms with E-state index in [0.717, 1.165) is 12.0 Å². The van der Waals surface area contributed by atoms with E-state index in [-0.39, 0.29) is 0 Å². The first-order chi connectivity index (χ1) is 5.74. The van der Waals surface area contributed by atoms with Gasteiger partial charge in [0.25, 0.3) is 0 Å². The van der Waals surface area contributed by atoms with E-state index < -0.39 is 0 Å². The fourth-order valence-electron chi connectivity index (χ4n) is 1.84. The largest absolute Gasteiger partial charge is 0.310 e. The monoisotopic (exact) mass is 167 g/mol. The first-order valence-corrected chi connectivity index (χ1v) is 5.15. The Bertz CT molecular complexity index is 141. The molecule has 0 amide bonds. The molecule has 1 nitrogen and oxygen atoms in total. The zero-order valence-corrected chi connectivity index (χ0v) is 8.51. The Labute approximate surface area is 76.2 Å². The maximum atomic E-state index is 3.70. The lowest BCUT2D eigenvalue weighted by Crippen LogP contribution is -2.39. The van der Waals surface area contributed by atoms with Gasteiger partial charge in [0, 0.05) is 12.1 Å². The van der Waals surface area contributed by atoms with Gasteiger partial charge in [0.2, 0.25) is 0 Å². The quantitative estimate of drug-likeness (QED) is 0.635. The third kappa shape index (κ3) is 2.63. The molecular weight excluding hydrogens is 146 g/mol. The molecule has 0 fully saturated rings. The van der Waals surface area contributed by atoms with Gasteiger partial charge in [-0.05, 0) is 25.2 Å². The molecular formula is C11H21N. The Morgan fingerprint density at radius 1 is 1.33 bits per heavy atom. The van der Waals surface area contributed by atoms with E-state index in [1.807, 2.05) is 0 Å². The van der Waals surface area contributed by atoms with E-state index in [0.29, 0.717) is 6.04 Å². The molecule has 0 radical (unpaired) electrons. The van der Waals surface area contributed by atoms with Crippen molar-refractivity contribution < 1.29 is 0 Å². The van der Waals surface area contributed by atoms with Gasteiger partial charge in [0.05, 0.1) is 0 Å². The van der Waals surface area contributed by atoms with Gasteiger partial charge < -0.3 is 5.32 Å². The summed E-state index contributed by atoms with van der Waals surface area (Å²) in [6.07, 6.45) is 8.26. The van der Waals surface area contributed by atoms with E-state index in [4.69, 9.17) is 0 Å². The highest BCUT2D eigenvalue weighted by molar-refractivity contribution is 4.98. The van der Waals surface area contributed by atoms with Crippen LogP contribution >= 0.6 is 0 Å². The van der Waals surface area contributed by atoms with Gasteiger partial charge in [-0.15, -0.1) is 0 Å². The Morgan fingerprint density at radius 2 is 1.92 bits per heavy atom. The molecule has 70 valence electrons. The summed E-state index contributed by atoms with van der Waals surface area (Å²) in [7, 11) is 0. The molecule has 1 aliphatic rings. The Hall–Kier alpha value is -0.300. The van der Waals surface area contributed by atoms with Crippen molar-refractivity contribution in [3.8, 4) is 0 Å². The van der Waals surface area contributed by atoms with Crippen molar-refractivity contribution in [1.82, 2.24) is 5.32 Å². The summed E-state index contributed by atoms with van der Waals surface area (Å²) >= 11 is 0. The van der Waals surface area contributed by atoms with E-state index in [2.05, 4.69) is 38.2 Å². The van der Waals surface area contributed by atoms with E-state index in [9.17, 15) is 0 Å². The summed E-state index contributed by atoms with van der Waals surface area (Å²) in [6, 6.07) is 1.42. The smallest absolute Gasteiger partial charge is 0.0139 e. The second kappa shape index (κ2) is 4.66. The van der Waals surface area contributed by atoms with Gasteiger partial charge in [-0.1, -0.05) is 32.9 Å². The van der Waals surface area contributed by atoms with Crippen molar-refractivity contribution in [2.75, 3.05) is 0 Å². The minimum atomic E-state index is 0.704. The van der Waals surface area contributed by atoms with Gasteiger partial charge in [0.15, 0.2) is 0 Å². The number of hydrogen-bond donors (Lipinski definition) is 1. The number of hydrogen-bond acceptors (Lipinski definition) is 1. The topological polar surface area (TPSA) is 12.0 Å². The molecule has 0 aromatic carbocycles. The number of nitrogens with one attached hydrogen (secondary N) is 1. The van der Waals surface area contributed by atoms with Crippen molar-refractivity contribution in [1.29, 1.82) is 0 Å². The molecule has 1 unspecified atom stereocenters. The highest BCUT2D eigenvalue weighted by Gasteiger charge is 2.16. The maximum Gasteiger partial charge on any atom is 0.0139 e. The van der Waals surface area contributed by atoms with E-state index in [1.54, 1.807) is 0 Å². The van der Waals surface area contributed by atoms with Crippen LogP contribution < -0.4 is 5.32 Å². The molecule has 1 heteroatoms. The molecule has 1 atom stereocenters. The molecule has 0 aromatic heterocycles. The minimum Gasteiger partial charge on any atom is -0.310 e. The lowest BCUT2D eigenvalue weighted by molar-refractivity contribution is 0.348. The molecule has 1 aliphatic carbocycles. The lowest BCUT2D eigenvalue weighted by Gasteiger charge is -2.24. The van der Waals surface area contributed by atoms with Crippen LogP contribution in [0.25, 0.3) is 0 Å². The van der Waals surface area contributed by atoms with Crippen molar-refractivity contribution in [3.63, 3.8) is 0 Å². The predicted molar refractivity (Wildman–Crippen MR) is 54.2 cm³/mol. The lowest BCUT2D eigenvalue weighted by atomic mass is 10.0. The van der Waals surface area contributed by atoms with Crippen LogP contribution in [0.15, 0.2) is 12.2 Å². The molecule has 0 aromatic rings. The van der Waals surface area contributed by atoms with Crippen LogP contribution in [0.4, 0.5) is 0 Å². The maximum absolute atomic E-state index is 3.70. The van der Waals surface area contributed by atoms with Crippen LogP contribution in [0.2, 0.25) is 0 Å².